The topological polar surface area (TPSA) is 60.8 Å². The first-order chi connectivity index (χ1) is 16.0. The van der Waals surface area contributed by atoms with Gasteiger partial charge in [-0.25, -0.2) is 4.79 Å². The third-order valence-corrected chi connectivity index (χ3v) is 6.25. The number of aryl methyl sites for hydroxylation is 1. The van der Waals surface area contributed by atoms with Crippen molar-refractivity contribution in [3.63, 3.8) is 0 Å². The summed E-state index contributed by atoms with van der Waals surface area (Å²) in [4.78, 5) is 29.0. The first-order valence-electron chi connectivity index (χ1n) is 10.8. The van der Waals surface area contributed by atoms with Crippen LogP contribution < -0.4 is 9.64 Å². The molecule has 2 atom stereocenters. The van der Waals surface area contributed by atoms with Crippen LogP contribution in [0.2, 0.25) is 0 Å². The Labute approximate surface area is 192 Å². The Hall–Kier alpha value is -4.06. The van der Waals surface area contributed by atoms with Gasteiger partial charge in [-0.2, -0.15) is 0 Å². The van der Waals surface area contributed by atoms with Crippen molar-refractivity contribution in [2.45, 2.75) is 19.0 Å². The molecule has 6 heteroatoms. The van der Waals surface area contributed by atoms with Crippen LogP contribution in [0.25, 0.3) is 10.9 Å². The zero-order valence-electron chi connectivity index (χ0n) is 18.7. The Morgan fingerprint density at radius 1 is 0.909 bits per heavy atom. The van der Waals surface area contributed by atoms with Gasteiger partial charge in [-0.1, -0.05) is 48.0 Å². The fraction of sp³-hybridized carbons (Fsp3) is 0.185. The van der Waals surface area contributed by atoms with Crippen molar-refractivity contribution in [2.24, 2.45) is 0 Å². The van der Waals surface area contributed by atoms with E-state index in [2.05, 4.69) is 0 Å². The monoisotopic (exact) mass is 440 g/mol. The summed E-state index contributed by atoms with van der Waals surface area (Å²) in [5.74, 6) is 0.102. The van der Waals surface area contributed by atoms with Crippen molar-refractivity contribution in [1.29, 1.82) is 0 Å². The summed E-state index contributed by atoms with van der Waals surface area (Å²) in [6.07, 6.45) is 0. The minimum Gasteiger partial charge on any atom is -0.497 e. The van der Waals surface area contributed by atoms with Gasteiger partial charge in [0.2, 0.25) is 0 Å². The molecule has 0 spiro atoms. The average Bonchev–Trinajstić information content (AvgIpc) is 3.24. The van der Waals surface area contributed by atoms with Gasteiger partial charge < -0.3 is 14.0 Å². The van der Waals surface area contributed by atoms with E-state index in [0.717, 1.165) is 22.0 Å². The number of rotatable bonds is 4. The second kappa shape index (κ2) is 8.13. The van der Waals surface area contributed by atoms with Gasteiger partial charge in [-0.3, -0.25) is 9.69 Å². The fourth-order valence-corrected chi connectivity index (χ4v) is 4.64. The molecule has 2 unspecified atom stereocenters. The molecule has 5 rings (SSSR count). The third-order valence-electron chi connectivity index (χ3n) is 6.25. The molecule has 0 aliphatic carbocycles. The van der Waals surface area contributed by atoms with E-state index >= 15 is 0 Å². The molecule has 166 valence electrons. The number of methoxy groups -OCH3 is 2. The average molecular weight is 440 g/mol. The predicted octanol–water partition coefficient (Wildman–Crippen LogP) is 5.07. The van der Waals surface area contributed by atoms with Crippen LogP contribution in [0.5, 0.6) is 5.75 Å². The minimum atomic E-state index is -0.757. The number of esters is 1. The number of nitrogens with zero attached hydrogens (tertiary/aromatic N) is 2. The van der Waals surface area contributed by atoms with Crippen LogP contribution in [-0.2, 0) is 9.53 Å². The number of aromatic nitrogens is 1. The van der Waals surface area contributed by atoms with E-state index in [1.54, 1.807) is 12.0 Å². The number of ether oxygens (including phenoxy) is 2. The molecule has 1 aliphatic rings. The second-order valence-corrected chi connectivity index (χ2v) is 8.16. The summed E-state index contributed by atoms with van der Waals surface area (Å²) in [7, 11) is 2.98. The first-order valence-corrected chi connectivity index (χ1v) is 10.8. The zero-order valence-corrected chi connectivity index (χ0v) is 18.7. The molecule has 0 saturated heterocycles. The molecule has 1 aliphatic heterocycles. The van der Waals surface area contributed by atoms with E-state index < -0.39 is 18.1 Å². The summed E-state index contributed by atoms with van der Waals surface area (Å²) < 4.78 is 12.4. The minimum absolute atomic E-state index is 0.179. The highest BCUT2D eigenvalue weighted by Gasteiger charge is 2.46. The van der Waals surface area contributed by atoms with Crippen molar-refractivity contribution in [3.05, 3.63) is 95.7 Å². The van der Waals surface area contributed by atoms with Crippen LogP contribution in [0.4, 0.5) is 5.69 Å². The second-order valence-electron chi connectivity index (χ2n) is 8.16. The summed E-state index contributed by atoms with van der Waals surface area (Å²) >= 11 is 0. The number of hydrogen-bond acceptors (Lipinski definition) is 4. The molecule has 2 heterocycles. The van der Waals surface area contributed by atoms with E-state index in [1.807, 2.05) is 90.4 Å². The van der Waals surface area contributed by atoms with Gasteiger partial charge >= 0.3 is 5.97 Å². The lowest BCUT2D eigenvalue weighted by Gasteiger charge is -2.41. The molecule has 0 N–H and O–H groups in total. The van der Waals surface area contributed by atoms with E-state index in [1.165, 1.54) is 7.11 Å². The Morgan fingerprint density at radius 3 is 2.27 bits per heavy atom. The highest BCUT2D eigenvalue weighted by Crippen LogP contribution is 2.44. The van der Waals surface area contributed by atoms with Gasteiger partial charge in [0, 0.05) is 16.6 Å². The lowest BCUT2D eigenvalue weighted by atomic mass is 9.92. The van der Waals surface area contributed by atoms with Gasteiger partial charge in [0.15, 0.2) is 6.04 Å². The largest absolute Gasteiger partial charge is 0.497 e. The number of benzene rings is 3. The van der Waals surface area contributed by atoms with Gasteiger partial charge in [-0.15, -0.1) is 0 Å². The summed E-state index contributed by atoms with van der Waals surface area (Å²) in [6, 6.07) is 23.4. The predicted molar refractivity (Wildman–Crippen MR) is 127 cm³/mol. The van der Waals surface area contributed by atoms with Gasteiger partial charge in [0.1, 0.15) is 11.4 Å². The van der Waals surface area contributed by atoms with E-state index in [9.17, 15) is 9.59 Å². The number of hydrogen-bond donors (Lipinski definition) is 0. The van der Waals surface area contributed by atoms with Crippen molar-refractivity contribution >= 4 is 28.5 Å². The lowest BCUT2D eigenvalue weighted by molar-refractivity contribution is -0.145. The third kappa shape index (κ3) is 3.35. The van der Waals surface area contributed by atoms with Crippen LogP contribution in [0.1, 0.15) is 33.7 Å². The molecule has 6 nitrogen and oxygen atoms in total. The number of carbonyl (C=O) groups excluding carboxylic acids is 2. The molecule has 4 aromatic rings. The normalized spacial score (nSPS) is 17.7. The molecule has 0 fully saturated rings. The van der Waals surface area contributed by atoms with Crippen molar-refractivity contribution in [2.75, 3.05) is 19.1 Å². The lowest BCUT2D eigenvalue weighted by Crippen LogP contribution is -2.48. The Morgan fingerprint density at radius 2 is 1.61 bits per heavy atom. The molecule has 0 radical (unpaired) electrons. The van der Waals surface area contributed by atoms with Crippen LogP contribution in [0, 0.1) is 6.92 Å². The Bertz CT molecular complexity index is 1340. The van der Waals surface area contributed by atoms with Gasteiger partial charge in [0.05, 0.1) is 20.3 Å². The van der Waals surface area contributed by atoms with Crippen molar-refractivity contribution < 1.29 is 19.1 Å². The maximum absolute atomic E-state index is 14.0. The number of para-hydroxylation sites is 1. The highest BCUT2D eigenvalue weighted by atomic mass is 16.5. The summed E-state index contributed by atoms with van der Waals surface area (Å²) in [5.41, 5.74) is 3.90. The van der Waals surface area contributed by atoms with Gasteiger partial charge in [-0.05, 0) is 48.9 Å². The van der Waals surface area contributed by atoms with E-state index in [-0.39, 0.29) is 5.91 Å². The van der Waals surface area contributed by atoms with E-state index in [4.69, 9.17) is 9.47 Å². The molecule has 33 heavy (non-hydrogen) atoms. The number of carbonyl (C=O) groups is 2. The van der Waals surface area contributed by atoms with E-state index in [0.29, 0.717) is 17.1 Å². The molecule has 1 aromatic heterocycles. The number of anilines is 1. The number of amides is 1. The molecule has 0 saturated carbocycles. The molecule has 3 aromatic carbocycles. The quantitative estimate of drug-likeness (QED) is 0.416. The Kier molecular flexibility index (Phi) is 5.13. The molecule has 0 bridgehead atoms. The van der Waals surface area contributed by atoms with Crippen LogP contribution in [0.15, 0.2) is 78.9 Å². The van der Waals surface area contributed by atoms with Crippen LogP contribution in [0.3, 0.4) is 0 Å². The SMILES string of the molecule is COC(=O)C1C(c2ccc(C)cc2)N(c2ccc(OC)cc2)C(=O)c2cc3ccccc3n21. The van der Waals surface area contributed by atoms with Crippen molar-refractivity contribution in [1.82, 2.24) is 4.57 Å². The van der Waals surface area contributed by atoms with Crippen molar-refractivity contribution in [3.8, 4) is 5.75 Å². The Balaban J connectivity index is 1.80. The maximum Gasteiger partial charge on any atom is 0.331 e. The summed E-state index contributed by atoms with van der Waals surface area (Å²) in [5, 5.41) is 0.897. The maximum atomic E-state index is 14.0. The highest BCUT2D eigenvalue weighted by molar-refractivity contribution is 6.11. The smallest absolute Gasteiger partial charge is 0.331 e. The van der Waals surface area contributed by atoms with Crippen LogP contribution in [-0.4, -0.2) is 30.7 Å². The van der Waals surface area contributed by atoms with Gasteiger partial charge in [0.25, 0.3) is 5.91 Å². The molecular weight excluding hydrogens is 416 g/mol. The summed E-state index contributed by atoms with van der Waals surface area (Å²) in [6.45, 7) is 2.01. The zero-order chi connectivity index (χ0) is 23.1. The first kappa shape index (κ1) is 20.8. The van der Waals surface area contributed by atoms with Crippen LogP contribution >= 0.6 is 0 Å². The fourth-order valence-electron chi connectivity index (χ4n) is 4.64. The molecule has 1 amide bonds. The number of fused-ring (bicyclic) bond motifs is 3. The standard InChI is InChI=1S/C27H24N2O4/c1-17-8-10-18(11-9-17)24-25(27(31)33-3)29-22-7-5-4-6-19(22)16-23(29)26(30)28(24)20-12-14-21(32-2)15-13-20/h4-16,24-25H,1-3H3. The molecular formula is C27H24N2O4.